The smallest absolute Gasteiger partial charge is 0.335 e. The molecule has 5 rings (SSSR count). The number of thioether (sulfide) groups is 1. The molecule has 0 fully saturated rings. The second-order valence-corrected chi connectivity index (χ2v) is 11.9. The van der Waals surface area contributed by atoms with Crippen molar-refractivity contribution >= 4 is 52.9 Å². The molecule has 47 heavy (non-hydrogen) atoms. The van der Waals surface area contributed by atoms with Gasteiger partial charge in [-0.3, -0.25) is 14.4 Å². The molecular formula is C38H31N3O5S. The molecule has 0 aliphatic heterocycles. The standard InChI is InChI=1S/C38H31N3O5S/c1-25(35(42)39-31-15-8-14-30(23-31)38(45)46)47-33-17-9-16-32(24-33)40-37(44)34(41-36(43)29-12-6-3-7-13-29)22-26-18-20-28(21-19-26)27-10-4-2-5-11-27/h2-25H,1H3,(H,39,42)(H,40,44)(H,41,43)(H,45,46)/b34-22+. The van der Waals surface area contributed by atoms with Crippen LogP contribution in [0.2, 0.25) is 0 Å². The Morgan fingerprint density at radius 1 is 0.660 bits per heavy atom. The second-order valence-electron chi connectivity index (χ2n) is 10.5. The molecule has 0 saturated carbocycles. The number of benzene rings is 5. The summed E-state index contributed by atoms with van der Waals surface area (Å²) in [6.07, 6.45) is 1.62. The van der Waals surface area contributed by atoms with Gasteiger partial charge in [0.15, 0.2) is 0 Å². The summed E-state index contributed by atoms with van der Waals surface area (Å²) in [6, 6.07) is 39.3. The topological polar surface area (TPSA) is 125 Å². The van der Waals surface area contributed by atoms with E-state index in [1.807, 2.05) is 60.7 Å². The Bertz CT molecular complexity index is 1930. The van der Waals surface area contributed by atoms with Gasteiger partial charge in [0.2, 0.25) is 5.91 Å². The monoisotopic (exact) mass is 641 g/mol. The summed E-state index contributed by atoms with van der Waals surface area (Å²) in [5.41, 5.74) is 4.21. The average Bonchev–Trinajstić information content (AvgIpc) is 3.09. The highest BCUT2D eigenvalue weighted by atomic mass is 32.2. The Balaban J connectivity index is 1.31. The van der Waals surface area contributed by atoms with Gasteiger partial charge >= 0.3 is 5.97 Å². The molecule has 0 aromatic heterocycles. The summed E-state index contributed by atoms with van der Waals surface area (Å²) in [4.78, 5) is 51.5. The molecule has 1 atom stereocenters. The first kappa shape index (κ1) is 32.5. The van der Waals surface area contributed by atoms with E-state index in [1.165, 1.54) is 23.9 Å². The number of carboxylic acid groups (broad SMARTS) is 1. The first-order valence-electron chi connectivity index (χ1n) is 14.7. The zero-order chi connectivity index (χ0) is 33.2. The maximum atomic E-state index is 13.6. The highest BCUT2D eigenvalue weighted by molar-refractivity contribution is 8.00. The van der Waals surface area contributed by atoms with Crippen LogP contribution in [0.5, 0.6) is 0 Å². The Kier molecular flexibility index (Phi) is 10.6. The fourth-order valence-corrected chi connectivity index (χ4v) is 5.51. The Morgan fingerprint density at radius 3 is 1.94 bits per heavy atom. The Hall–Kier alpha value is -5.93. The number of amides is 3. The molecule has 0 aliphatic rings. The third-order valence-electron chi connectivity index (χ3n) is 7.01. The first-order valence-corrected chi connectivity index (χ1v) is 15.6. The van der Waals surface area contributed by atoms with Crippen LogP contribution in [0.4, 0.5) is 11.4 Å². The Labute approximate surface area is 276 Å². The van der Waals surface area contributed by atoms with Crippen molar-refractivity contribution < 1.29 is 24.3 Å². The molecule has 0 aliphatic carbocycles. The molecule has 3 amide bonds. The maximum absolute atomic E-state index is 13.6. The number of carbonyl (C=O) groups excluding carboxylic acids is 3. The highest BCUT2D eigenvalue weighted by Crippen LogP contribution is 2.27. The zero-order valence-electron chi connectivity index (χ0n) is 25.3. The van der Waals surface area contributed by atoms with E-state index in [0.29, 0.717) is 16.9 Å². The fraction of sp³-hybridized carbons (Fsp3) is 0.0526. The van der Waals surface area contributed by atoms with Gasteiger partial charge in [-0.15, -0.1) is 11.8 Å². The summed E-state index contributed by atoms with van der Waals surface area (Å²) in [7, 11) is 0. The lowest BCUT2D eigenvalue weighted by Crippen LogP contribution is -2.30. The summed E-state index contributed by atoms with van der Waals surface area (Å²) >= 11 is 1.28. The lowest BCUT2D eigenvalue weighted by molar-refractivity contribution is -0.115. The molecule has 5 aromatic carbocycles. The van der Waals surface area contributed by atoms with E-state index in [4.69, 9.17) is 0 Å². The number of hydrogen-bond acceptors (Lipinski definition) is 5. The van der Waals surface area contributed by atoms with Crippen molar-refractivity contribution in [3.63, 3.8) is 0 Å². The molecule has 0 bridgehead atoms. The minimum absolute atomic E-state index is 0.0562. The van der Waals surface area contributed by atoms with Gasteiger partial charge in [0.1, 0.15) is 5.70 Å². The van der Waals surface area contributed by atoms with E-state index >= 15 is 0 Å². The lowest BCUT2D eigenvalue weighted by Gasteiger charge is -2.14. The molecule has 234 valence electrons. The van der Waals surface area contributed by atoms with Crippen LogP contribution in [-0.4, -0.2) is 34.0 Å². The first-order chi connectivity index (χ1) is 22.7. The SMILES string of the molecule is CC(Sc1cccc(NC(=O)/C(=C\c2ccc(-c3ccccc3)cc2)NC(=O)c2ccccc2)c1)C(=O)Nc1cccc(C(=O)O)c1. The molecule has 0 spiro atoms. The molecule has 0 radical (unpaired) electrons. The normalized spacial score (nSPS) is 11.6. The van der Waals surface area contributed by atoms with E-state index < -0.39 is 23.0 Å². The van der Waals surface area contributed by atoms with Gasteiger partial charge in [0.05, 0.1) is 10.8 Å². The van der Waals surface area contributed by atoms with Gasteiger partial charge in [0.25, 0.3) is 11.8 Å². The Morgan fingerprint density at radius 2 is 1.26 bits per heavy atom. The number of aromatic carboxylic acids is 1. The van der Waals surface area contributed by atoms with E-state index in [-0.39, 0.29) is 17.2 Å². The number of rotatable bonds is 11. The van der Waals surface area contributed by atoms with Crippen molar-refractivity contribution in [2.75, 3.05) is 10.6 Å². The molecule has 0 saturated heterocycles. The van der Waals surface area contributed by atoms with Crippen LogP contribution >= 0.6 is 11.8 Å². The van der Waals surface area contributed by atoms with Gasteiger partial charge in [-0.1, -0.05) is 84.9 Å². The van der Waals surface area contributed by atoms with Crippen LogP contribution in [0.3, 0.4) is 0 Å². The molecule has 9 heteroatoms. The number of anilines is 2. The van der Waals surface area contributed by atoms with E-state index in [9.17, 15) is 24.3 Å². The average molecular weight is 642 g/mol. The third kappa shape index (κ3) is 9.06. The van der Waals surface area contributed by atoms with Gasteiger partial charge < -0.3 is 21.1 Å². The van der Waals surface area contributed by atoms with Gasteiger partial charge in [0, 0.05) is 21.8 Å². The number of nitrogens with one attached hydrogen (secondary N) is 3. The van der Waals surface area contributed by atoms with Crippen molar-refractivity contribution in [1.29, 1.82) is 0 Å². The molecule has 8 nitrogen and oxygen atoms in total. The third-order valence-corrected chi connectivity index (χ3v) is 8.10. The molecule has 0 heterocycles. The fourth-order valence-electron chi connectivity index (χ4n) is 4.59. The van der Waals surface area contributed by atoms with Crippen molar-refractivity contribution in [2.45, 2.75) is 17.1 Å². The number of hydrogen-bond donors (Lipinski definition) is 4. The number of carbonyl (C=O) groups is 4. The highest BCUT2D eigenvalue weighted by Gasteiger charge is 2.18. The van der Waals surface area contributed by atoms with Gasteiger partial charge in [-0.2, -0.15) is 0 Å². The second kappa shape index (κ2) is 15.4. The van der Waals surface area contributed by atoms with Crippen LogP contribution in [0, 0.1) is 0 Å². The van der Waals surface area contributed by atoms with Crippen molar-refractivity contribution in [2.24, 2.45) is 0 Å². The summed E-state index contributed by atoms with van der Waals surface area (Å²) in [6.45, 7) is 1.73. The predicted octanol–water partition coefficient (Wildman–Crippen LogP) is 7.58. The van der Waals surface area contributed by atoms with Gasteiger partial charge in [-0.25, -0.2) is 4.79 Å². The van der Waals surface area contributed by atoms with Crippen LogP contribution in [0.1, 0.15) is 33.2 Å². The zero-order valence-corrected chi connectivity index (χ0v) is 26.2. The minimum atomic E-state index is -1.08. The van der Waals surface area contributed by atoms with E-state index in [2.05, 4.69) is 16.0 Å². The minimum Gasteiger partial charge on any atom is -0.478 e. The van der Waals surface area contributed by atoms with Crippen molar-refractivity contribution in [1.82, 2.24) is 5.32 Å². The molecular weight excluding hydrogens is 611 g/mol. The van der Waals surface area contributed by atoms with Crippen LogP contribution < -0.4 is 16.0 Å². The van der Waals surface area contributed by atoms with Crippen molar-refractivity contribution in [3.05, 3.63) is 156 Å². The van der Waals surface area contributed by atoms with Crippen molar-refractivity contribution in [3.8, 4) is 11.1 Å². The molecule has 5 aromatic rings. The summed E-state index contributed by atoms with van der Waals surface area (Å²) in [5.74, 6) is -2.33. The van der Waals surface area contributed by atoms with Gasteiger partial charge in [-0.05, 0) is 78.2 Å². The van der Waals surface area contributed by atoms with Crippen LogP contribution in [0.15, 0.2) is 144 Å². The predicted molar refractivity (Wildman–Crippen MR) is 186 cm³/mol. The van der Waals surface area contributed by atoms with Crippen LogP contribution in [-0.2, 0) is 9.59 Å². The summed E-state index contributed by atoms with van der Waals surface area (Å²) < 4.78 is 0. The summed E-state index contributed by atoms with van der Waals surface area (Å²) in [5, 5.41) is 17.1. The molecule has 1 unspecified atom stereocenters. The maximum Gasteiger partial charge on any atom is 0.335 e. The largest absolute Gasteiger partial charge is 0.478 e. The number of carboxylic acids is 1. The van der Waals surface area contributed by atoms with Crippen LogP contribution in [0.25, 0.3) is 17.2 Å². The van der Waals surface area contributed by atoms with E-state index in [0.717, 1.165) is 21.6 Å². The molecule has 4 N–H and O–H groups in total. The lowest BCUT2D eigenvalue weighted by atomic mass is 10.0. The van der Waals surface area contributed by atoms with E-state index in [1.54, 1.807) is 73.7 Å². The quantitative estimate of drug-likeness (QED) is 0.0871.